The van der Waals surface area contributed by atoms with Crippen LogP contribution in [-0.4, -0.2) is 71.1 Å². The number of hydrogen-bond acceptors (Lipinski definition) is 7. The lowest BCUT2D eigenvalue weighted by atomic mass is 9.92. The predicted molar refractivity (Wildman–Crippen MR) is 137 cm³/mol. The zero-order valence-electron chi connectivity index (χ0n) is 21.3. The number of aliphatic hydroxyl groups is 1. The fourth-order valence-electron chi connectivity index (χ4n) is 4.41. The molecule has 3 atom stereocenters. The largest absolute Gasteiger partial charge is 0.493 e. The summed E-state index contributed by atoms with van der Waals surface area (Å²) >= 11 is 0. The summed E-state index contributed by atoms with van der Waals surface area (Å²) in [7, 11) is 4.99. The predicted octanol–water partition coefficient (Wildman–Crippen LogP) is 3.79. The van der Waals surface area contributed by atoms with Crippen LogP contribution >= 0.6 is 0 Å². The van der Waals surface area contributed by atoms with Gasteiger partial charge in [0.1, 0.15) is 18.5 Å². The van der Waals surface area contributed by atoms with Crippen molar-refractivity contribution in [2.75, 3.05) is 47.7 Å². The molecule has 2 N–H and O–H groups in total. The van der Waals surface area contributed by atoms with Crippen molar-refractivity contribution in [2.24, 2.45) is 0 Å². The lowest BCUT2D eigenvalue weighted by Crippen LogP contribution is -2.47. The van der Waals surface area contributed by atoms with Gasteiger partial charge in [-0.1, -0.05) is 31.0 Å². The van der Waals surface area contributed by atoms with Crippen molar-refractivity contribution in [2.45, 2.75) is 56.8 Å². The summed E-state index contributed by atoms with van der Waals surface area (Å²) in [6, 6.07) is 14.2. The third-order valence-corrected chi connectivity index (χ3v) is 6.45. The highest BCUT2D eigenvalue weighted by molar-refractivity contribution is 5.42. The third kappa shape index (κ3) is 9.00. The molecule has 7 nitrogen and oxygen atoms in total. The van der Waals surface area contributed by atoms with Crippen molar-refractivity contribution >= 4 is 0 Å². The first-order valence-electron chi connectivity index (χ1n) is 12.6. The molecule has 0 radical (unpaired) electrons. The van der Waals surface area contributed by atoms with E-state index < -0.39 is 6.10 Å². The Labute approximate surface area is 209 Å². The molecule has 0 spiro atoms. The van der Waals surface area contributed by atoms with Crippen LogP contribution in [0.15, 0.2) is 42.5 Å². The van der Waals surface area contributed by atoms with Crippen molar-refractivity contribution in [1.82, 2.24) is 5.32 Å². The Morgan fingerprint density at radius 1 is 0.886 bits per heavy atom. The fraction of sp³-hybridized carbons (Fsp3) is 0.571. The molecule has 0 aromatic heterocycles. The van der Waals surface area contributed by atoms with Crippen molar-refractivity contribution in [1.29, 1.82) is 0 Å². The van der Waals surface area contributed by atoms with Gasteiger partial charge in [0.25, 0.3) is 0 Å². The van der Waals surface area contributed by atoms with Gasteiger partial charge in [0.15, 0.2) is 11.5 Å². The van der Waals surface area contributed by atoms with Crippen LogP contribution in [0.4, 0.5) is 0 Å². The van der Waals surface area contributed by atoms with Crippen LogP contribution < -0.4 is 19.5 Å². The van der Waals surface area contributed by atoms with Crippen molar-refractivity contribution in [3.05, 3.63) is 53.6 Å². The van der Waals surface area contributed by atoms with Gasteiger partial charge in [-0.05, 0) is 61.1 Å². The topological polar surface area (TPSA) is 78.4 Å². The van der Waals surface area contributed by atoms with Crippen molar-refractivity contribution in [3.8, 4) is 17.2 Å². The van der Waals surface area contributed by atoms with E-state index in [2.05, 4.69) is 5.32 Å². The average Bonchev–Trinajstić information content (AvgIpc) is 2.90. The molecule has 7 heteroatoms. The van der Waals surface area contributed by atoms with Gasteiger partial charge in [-0.25, -0.2) is 0 Å². The van der Waals surface area contributed by atoms with Gasteiger partial charge in [0, 0.05) is 19.7 Å². The van der Waals surface area contributed by atoms with Gasteiger partial charge in [0.2, 0.25) is 0 Å². The van der Waals surface area contributed by atoms with E-state index in [0.29, 0.717) is 19.8 Å². The first kappa shape index (κ1) is 27.3. The van der Waals surface area contributed by atoms with Gasteiger partial charge in [0.05, 0.1) is 33.5 Å². The molecule has 0 heterocycles. The Bertz CT molecular complexity index is 859. The molecule has 0 saturated heterocycles. The minimum absolute atomic E-state index is 0.150. The van der Waals surface area contributed by atoms with E-state index in [-0.39, 0.29) is 18.8 Å². The Morgan fingerprint density at radius 3 is 2.34 bits per heavy atom. The van der Waals surface area contributed by atoms with Crippen LogP contribution in [0.5, 0.6) is 17.2 Å². The van der Waals surface area contributed by atoms with Gasteiger partial charge in [-0.2, -0.15) is 0 Å². The Kier molecular flexibility index (Phi) is 11.6. The van der Waals surface area contributed by atoms with Crippen LogP contribution in [0.3, 0.4) is 0 Å². The van der Waals surface area contributed by atoms with Crippen LogP contribution in [0, 0.1) is 0 Å². The van der Waals surface area contributed by atoms with Crippen LogP contribution in [0.2, 0.25) is 0 Å². The van der Waals surface area contributed by atoms with Crippen LogP contribution in [0.25, 0.3) is 0 Å². The number of methoxy groups -OCH3 is 3. The quantitative estimate of drug-likeness (QED) is 0.396. The highest BCUT2D eigenvalue weighted by atomic mass is 16.5. The van der Waals surface area contributed by atoms with Crippen LogP contribution in [-0.2, 0) is 22.3 Å². The van der Waals surface area contributed by atoms with E-state index >= 15 is 0 Å². The van der Waals surface area contributed by atoms with Gasteiger partial charge in [-0.3, -0.25) is 0 Å². The van der Waals surface area contributed by atoms with Gasteiger partial charge < -0.3 is 34.1 Å². The highest BCUT2D eigenvalue weighted by Gasteiger charge is 2.26. The lowest BCUT2D eigenvalue weighted by Gasteiger charge is -2.33. The SMILES string of the molecule is COCCc1ccc(OCC(O)CN[C@H]2CCCC[C@H]2OCCc2ccc(OC)c(OC)c2)cc1. The maximum Gasteiger partial charge on any atom is 0.160 e. The van der Waals surface area contributed by atoms with E-state index in [1.165, 1.54) is 18.4 Å². The van der Waals surface area contributed by atoms with E-state index in [1.807, 2.05) is 42.5 Å². The third-order valence-electron chi connectivity index (χ3n) is 6.45. The van der Waals surface area contributed by atoms with E-state index in [0.717, 1.165) is 48.5 Å². The number of rotatable bonds is 15. The Morgan fingerprint density at radius 2 is 1.60 bits per heavy atom. The molecule has 2 aromatic carbocycles. The summed E-state index contributed by atoms with van der Waals surface area (Å²) in [5.74, 6) is 2.23. The second-order valence-corrected chi connectivity index (χ2v) is 9.00. The number of ether oxygens (including phenoxy) is 5. The molecule has 194 valence electrons. The minimum Gasteiger partial charge on any atom is -0.493 e. The Hall–Kier alpha value is -2.32. The maximum absolute atomic E-state index is 10.4. The molecule has 3 rings (SSSR count). The summed E-state index contributed by atoms with van der Waals surface area (Å²) in [4.78, 5) is 0. The minimum atomic E-state index is -0.586. The highest BCUT2D eigenvalue weighted by Crippen LogP contribution is 2.28. The van der Waals surface area contributed by atoms with Crippen molar-refractivity contribution in [3.63, 3.8) is 0 Å². The summed E-state index contributed by atoms with van der Waals surface area (Å²) in [6.07, 6.45) is 5.69. The molecule has 2 aromatic rings. The van der Waals surface area contributed by atoms with Gasteiger partial charge >= 0.3 is 0 Å². The van der Waals surface area contributed by atoms with Crippen molar-refractivity contribution < 1.29 is 28.8 Å². The number of aliphatic hydroxyl groups excluding tert-OH is 1. The smallest absolute Gasteiger partial charge is 0.160 e. The molecule has 1 aliphatic carbocycles. The molecule has 1 fully saturated rings. The molecule has 0 aliphatic heterocycles. The molecule has 0 bridgehead atoms. The molecule has 1 aliphatic rings. The zero-order valence-corrected chi connectivity index (χ0v) is 21.3. The summed E-state index contributed by atoms with van der Waals surface area (Å²) in [5, 5.41) is 14.0. The first-order chi connectivity index (χ1) is 17.1. The maximum atomic E-state index is 10.4. The number of benzene rings is 2. The molecular weight excluding hydrogens is 446 g/mol. The standard InChI is InChI=1S/C28H41NO6/c1-31-16-14-21-8-11-24(12-9-21)35-20-23(30)19-29-25-6-4-5-7-26(25)34-17-15-22-10-13-27(32-2)28(18-22)33-3/h8-13,18,23,25-26,29-30H,4-7,14-17,19-20H2,1-3H3/t23?,25-,26+/m0/s1. The van der Waals surface area contributed by atoms with E-state index in [4.69, 9.17) is 23.7 Å². The molecule has 1 saturated carbocycles. The Balaban J connectivity index is 1.39. The van der Waals surface area contributed by atoms with E-state index in [9.17, 15) is 5.11 Å². The lowest BCUT2D eigenvalue weighted by molar-refractivity contribution is 0.00183. The number of hydrogen-bond donors (Lipinski definition) is 2. The van der Waals surface area contributed by atoms with E-state index in [1.54, 1.807) is 21.3 Å². The molecule has 0 amide bonds. The number of nitrogens with one attached hydrogen (secondary N) is 1. The second kappa shape index (κ2) is 14.9. The molecule has 1 unspecified atom stereocenters. The molecular formula is C28H41NO6. The normalized spacial score (nSPS) is 18.7. The first-order valence-corrected chi connectivity index (χ1v) is 12.6. The monoisotopic (exact) mass is 487 g/mol. The van der Waals surface area contributed by atoms with Crippen LogP contribution in [0.1, 0.15) is 36.8 Å². The molecule has 35 heavy (non-hydrogen) atoms. The average molecular weight is 488 g/mol. The second-order valence-electron chi connectivity index (χ2n) is 9.00. The van der Waals surface area contributed by atoms with Gasteiger partial charge in [-0.15, -0.1) is 0 Å². The fourth-order valence-corrected chi connectivity index (χ4v) is 4.41. The zero-order chi connectivity index (χ0) is 24.9. The summed E-state index contributed by atoms with van der Waals surface area (Å²) < 4.78 is 27.9. The summed E-state index contributed by atoms with van der Waals surface area (Å²) in [5.41, 5.74) is 2.36. The summed E-state index contributed by atoms with van der Waals surface area (Å²) in [6.45, 7) is 2.07.